The van der Waals surface area contributed by atoms with Gasteiger partial charge in [0.2, 0.25) is 0 Å². The number of methoxy groups -OCH3 is 2. The molecule has 2 aliphatic heterocycles. The van der Waals surface area contributed by atoms with Crippen LogP contribution in [0.3, 0.4) is 0 Å². The van der Waals surface area contributed by atoms with Crippen LogP contribution in [0.25, 0.3) is 0 Å². The molecule has 0 spiro atoms. The predicted octanol–water partition coefficient (Wildman–Crippen LogP) is 2.80. The quantitative estimate of drug-likeness (QED) is 0.661. The van der Waals surface area contributed by atoms with E-state index in [-0.39, 0.29) is 23.0 Å². The Labute approximate surface area is 194 Å². The first-order chi connectivity index (χ1) is 16.0. The highest BCUT2D eigenvalue weighted by Crippen LogP contribution is 2.38. The highest BCUT2D eigenvalue weighted by molar-refractivity contribution is 6.01. The van der Waals surface area contributed by atoms with Gasteiger partial charge in [0.05, 0.1) is 14.2 Å². The molecule has 8 heteroatoms. The van der Waals surface area contributed by atoms with Gasteiger partial charge in [-0.2, -0.15) is 0 Å². The number of benzene rings is 2. The summed E-state index contributed by atoms with van der Waals surface area (Å²) in [4.78, 5) is 29.2. The number of ether oxygens (including phenoxy) is 3. The van der Waals surface area contributed by atoms with Crippen molar-refractivity contribution in [1.82, 2.24) is 9.80 Å². The lowest BCUT2D eigenvalue weighted by Crippen LogP contribution is -2.34. The third-order valence-electron chi connectivity index (χ3n) is 6.55. The Balaban J connectivity index is 1.38. The van der Waals surface area contributed by atoms with Gasteiger partial charge in [0.25, 0.3) is 5.91 Å². The summed E-state index contributed by atoms with van der Waals surface area (Å²) < 4.78 is 15.8. The van der Waals surface area contributed by atoms with E-state index in [0.717, 1.165) is 32.5 Å². The molecule has 2 fully saturated rings. The molecular weight excluding hydrogens is 422 g/mol. The molecule has 2 atom stereocenters. The Bertz CT molecular complexity index is 983. The van der Waals surface area contributed by atoms with Crippen LogP contribution in [0.5, 0.6) is 17.2 Å². The number of primary amides is 1. The summed E-state index contributed by atoms with van der Waals surface area (Å²) in [6.07, 6.45) is 1.21. The minimum absolute atomic E-state index is 0.0447. The van der Waals surface area contributed by atoms with Gasteiger partial charge in [0, 0.05) is 38.3 Å². The normalized spacial score (nSPS) is 19.9. The molecule has 1 unspecified atom stereocenters. The maximum absolute atomic E-state index is 13.4. The van der Waals surface area contributed by atoms with Crippen LogP contribution in [0.2, 0.25) is 0 Å². The van der Waals surface area contributed by atoms with E-state index in [2.05, 4.69) is 29.2 Å². The van der Waals surface area contributed by atoms with Gasteiger partial charge < -0.3 is 29.7 Å². The first-order valence-electron chi connectivity index (χ1n) is 11.3. The number of rotatable bonds is 8. The molecule has 0 aromatic heterocycles. The van der Waals surface area contributed by atoms with E-state index in [4.69, 9.17) is 19.9 Å². The van der Waals surface area contributed by atoms with Crippen molar-refractivity contribution in [2.45, 2.75) is 12.8 Å². The van der Waals surface area contributed by atoms with Crippen LogP contribution in [-0.2, 0) is 6.42 Å². The zero-order valence-corrected chi connectivity index (χ0v) is 19.2. The molecule has 0 saturated carbocycles. The predicted molar refractivity (Wildman–Crippen MR) is 124 cm³/mol. The summed E-state index contributed by atoms with van der Waals surface area (Å²) in [5.74, 6) is 1.39. The molecule has 2 aromatic rings. The topological polar surface area (TPSA) is 94.3 Å². The van der Waals surface area contributed by atoms with Gasteiger partial charge in [0.1, 0.15) is 17.1 Å². The fraction of sp³-hybridized carbons (Fsp3) is 0.440. The van der Waals surface area contributed by atoms with Crippen LogP contribution >= 0.6 is 0 Å². The molecule has 2 aromatic carbocycles. The van der Waals surface area contributed by atoms with Crippen molar-refractivity contribution < 1.29 is 23.8 Å². The van der Waals surface area contributed by atoms with Gasteiger partial charge in [-0.05, 0) is 36.8 Å². The van der Waals surface area contributed by atoms with Crippen LogP contribution in [-0.4, -0.2) is 68.7 Å². The number of likely N-dealkylation sites (tertiary alicyclic amines) is 2. The summed E-state index contributed by atoms with van der Waals surface area (Å²) in [6, 6.07) is 13.6. The van der Waals surface area contributed by atoms with E-state index in [0.29, 0.717) is 30.7 Å². The standard InChI is InChI=1S/C25H31N3O5/c1-31-20-11-21(32-2)23(22(12-20)33-25(26)30)24(29)28-15-18-13-27(14-19(18)16-28)10-6-9-17-7-4-3-5-8-17/h3-5,7-8,11-12,18-19H,6,9-10,13-16H2,1-2H3,(H2,26,30)/t18-,19?/m0/s1. The van der Waals surface area contributed by atoms with E-state index in [1.165, 1.54) is 25.8 Å². The van der Waals surface area contributed by atoms with Crippen LogP contribution in [0.1, 0.15) is 22.3 Å². The van der Waals surface area contributed by atoms with E-state index in [9.17, 15) is 9.59 Å². The third-order valence-corrected chi connectivity index (χ3v) is 6.55. The Kier molecular flexibility index (Phi) is 7.03. The van der Waals surface area contributed by atoms with Crippen molar-refractivity contribution in [3.63, 3.8) is 0 Å². The number of carbonyl (C=O) groups is 2. The number of fused-ring (bicyclic) bond motifs is 1. The van der Waals surface area contributed by atoms with Gasteiger partial charge in [-0.3, -0.25) is 4.79 Å². The second-order valence-electron chi connectivity index (χ2n) is 8.70. The summed E-state index contributed by atoms with van der Waals surface area (Å²) in [5, 5.41) is 0. The maximum atomic E-state index is 13.4. The SMILES string of the molecule is COc1cc(OC)c(C(=O)N2CC3CN(CCCc4ccccc4)C[C@H]3C2)c(OC(N)=O)c1. The first kappa shape index (κ1) is 22.9. The molecule has 2 saturated heterocycles. The van der Waals surface area contributed by atoms with Crippen molar-refractivity contribution >= 4 is 12.0 Å². The fourth-order valence-corrected chi connectivity index (χ4v) is 4.99. The lowest BCUT2D eigenvalue weighted by atomic mass is 10.0. The van der Waals surface area contributed by atoms with Crippen molar-refractivity contribution in [1.29, 1.82) is 0 Å². The Hall–Kier alpha value is -3.26. The first-order valence-corrected chi connectivity index (χ1v) is 11.3. The number of carbonyl (C=O) groups excluding carboxylic acids is 2. The van der Waals surface area contributed by atoms with Crippen molar-refractivity contribution in [2.24, 2.45) is 17.6 Å². The second kappa shape index (κ2) is 10.1. The smallest absolute Gasteiger partial charge is 0.409 e. The van der Waals surface area contributed by atoms with Crippen molar-refractivity contribution in [3.8, 4) is 17.2 Å². The lowest BCUT2D eigenvalue weighted by Gasteiger charge is -2.23. The maximum Gasteiger partial charge on any atom is 0.409 e. The number of amides is 2. The van der Waals surface area contributed by atoms with Gasteiger partial charge in [-0.1, -0.05) is 30.3 Å². The Morgan fingerprint density at radius 1 is 0.970 bits per heavy atom. The summed E-state index contributed by atoms with van der Waals surface area (Å²) >= 11 is 0. The highest BCUT2D eigenvalue weighted by atomic mass is 16.6. The van der Waals surface area contributed by atoms with E-state index in [1.807, 2.05) is 11.0 Å². The molecular formula is C25H31N3O5. The van der Waals surface area contributed by atoms with Gasteiger partial charge >= 0.3 is 6.09 Å². The molecule has 2 aliphatic rings. The average Bonchev–Trinajstić information content (AvgIpc) is 3.37. The van der Waals surface area contributed by atoms with Gasteiger partial charge in [-0.15, -0.1) is 0 Å². The molecule has 2 N–H and O–H groups in total. The van der Waals surface area contributed by atoms with Crippen LogP contribution in [0, 0.1) is 11.8 Å². The average molecular weight is 454 g/mol. The number of nitrogens with two attached hydrogens (primary N) is 1. The van der Waals surface area contributed by atoms with E-state index in [1.54, 1.807) is 6.07 Å². The third kappa shape index (κ3) is 5.22. The largest absolute Gasteiger partial charge is 0.496 e. The van der Waals surface area contributed by atoms with Gasteiger partial charge in [-0.25, -0.2) is 4.79 Å². The molecule has 0 aliphatic carbocycles. The molecule has 4 rings (SSSR count). The van der Waals surface area contributed by atoms with Gasteiger partial charge in [0.15, 0.2) is 5.75 Å². The molecule has 33 heavy (non-hydrogen) atoms. The summed E-state index contributed by atoms with van der Waals surface area (Å²) in [7, 11) is 2.95. The number of hydrogen-bond donors (Lipinski definition) is 1. The fourth-order valence-electron chi connectivity index (χ4n) is 4.99. The van der Waals surface area contributed by atoms with Crippen LogP contribution in [0.15, 0.2) is 42.5 Å². The Morgan fingerprint density at radius 2 is 1.64 bits per heavy atom. The zero-order valence-electron chi connectivity index (χ0n) is 19.2. The lowest BCUT2D eigenvalue weighted by molar-refractivity contribution is 0.0767. The van der Waals surface area contributed by atoms with E-state index < -0.39 is 6.09 Å². The number of aryl methyl sites for hydroxylation is 1. The minimum Gasteiger partial charge on any atom is -0.496 e. The number of nitrogens with zero attached hydrogens (tertiary/aromatic N) is 2. The Morgan fingerprint density at radius 3 is 2.24 bits per heavy atom. The van der Waals surface area contributed by atoms with Crippen LogP contribution in [0.4, 0.5) is 4.79 Å². The summed E-state index contributed by atoms with van der Waals surface area (Å²) in [6.45, 7) is 4.40. The molecule has 176 valence electrons. The van der Waals surface area contributed by atoms with Crippen molar-refractivity contribution in [3.05, 3.63) is 53.6 Å². The molecule has 2 heterocycles. The zero-order chi connectivity index (χ0) is 23.4. The molecule has 2 amide bonds. The highest BCUT2D eigenvalue weighted by Gasteiger charge is 2.42. The van der Waals surface area contributed by atoms with Crippen LogP contribution < -0.4 is 19.9 Å². The number of hydrogen-bond acceptors (Lipinski definition) is 6. The second-order valence-corrected chi connectivity index (χ2v) is 8.70. The molecule has 0 radical (unpaired) electrons. The summed E-state index contributed by atoms with van der Waals surface area (Å²) in [5.41, 5.74) is 6.79. The van der Waals surface area contributed by atoms with Crippen molar-refractivity contribution in [2.75, 3.05) is 46.9 Å². The molecule has 0 bridgehead atoms. The monoisotopic (exact) mass is 453 g/mol. The minimum atomic E-state index is -0.996. The molecule has 8 nitrogen and oxygen atoms in total. The van der Waals surface area contributed by atoms with E-state index >= 15 is 0 Å².